The van der Waals surface area contributed by atoms with E-state index in [1.807, 2.05) is 62.5 Å². The SMILES string of the molecule is CNC(C)CNC(=O)c1ccc(COc2ccccc2Br)cc1.Cl. The normalized spacial score (nSPS) is 11.3. The highest BCUT2D eigenvalue weighted by Crippen LogP contribution is 2.24. The highest BCUT2D eigenvalue weighted by atomic mass is 79.9. The van der Waals surface area contributed by atoms with Crippen LogP contribution in [0.5, 0.6) is 5.75 Å². The molecule has 1 atom stereocenters. The average molecular weight is 414 g/mol. The van der Waals surface area contributed by atoms with Gasteiger partial charge in [-0.3, -0.25) is 4.79 Å². The molecule has 2 aromatic rings. The van der Waals surface area contributed by atoms with Crippen LogP contribution >= 0.6 is 28.3 Å². The third kappa shape index (κ3) is 6.15. The van der Waals surface area contributed by atoms with E-state index in [2.05, 4.69) is 26.6 Å². The summed E-state index contributed by atoms with van der Waals surface area (Å²) >= 11 is 3.45. The van der Waals surface area contributed by atoms with Crippen LogP contribution in [-0.2, 0) is 6.61 Å². The van der Waals surface area contributed by atoms with Crippen LogP contribution in [0.25, 0.3) is 0 Å². The van der Waals surface area contributed by atoms with Crippen LogP contribution in [0, 0.1) is 0 Å². The lowest BCUT2D eigenvalue weighted by Crippen LogP contribution is -2.37. The number of ether oxygens (including phenoxy) is 1. The Kier molecular flexibility index (Phi) is 8.82. The van der Waals surface area contributed by atoms with Crippen LogP contribution in [-0.4, -0.2) is 25.5 Å². The van der Waals surface area contributed by atoms with Crippen LogP contribution in [0.3, 0.4) is 0 Å². The molecule has 0 aliphatic rings. The van der Waals surface area contributed by atoms with E-state index < -0.39 is 0 Å². The zero-order chi connectivity index (χ0) is 16.7. The summed E-state index contributed by atoms with van der Waals surface area (Å²) in [6.45, 7) is 3.08. The van der Waals surface area contributed by atoms with Crippen molar-refractivity contribution in [3.8, 4) is 5.75 Å². The van der Waals surface area contributed by atoms with E-state index in [0.29, 0.717) is 18.7 Å². The zero-order valence-electron chi connectivity index (χ0n) is 13.7. The molecule has 2 N–H and O–H groups in total. The molecular weight excluding hydrogens is 392 g/mol. The maximum absolute atomic E-state index is 12.0. The Balaban J connectivity index is 0.00000288. The number of rotatable bonds is 7. The fourth-order valence-electron chi connectivity index (χ4n) is 1.93. The smallest absolute Gasteiger partial charge is 0.251 e. The Morgan fingerprint density at radius 3 is 2.46 bits per heavy atom. The molecule has 2 aromatic carbocycles. The van der Waals surface area contributed by atoms with E-state index in [4.69, 9.17) is 4.74 Å². The summed E-state index contributed by atoms with van der Waals surface area (Å²) in [7, 11) is 1.87. The number of amides is 1. The van der Waals surface area contributed by atoms with Gasteiger partial charge in [0.15, 0.2) is 0 Å². The summed E-state index contributed by atoms with van der Waals surface area (Å²) in [4.78, 5) is 12.0. The second-order valence-electron chi connectivity index (χ2n) is 5.32. The molecule has 6 heteroatoms. The van der Waals surface area contributed by atoms with Gasteiger partial charge in [0.2, 0.25) is 0 Å². The van der Waals surface area contributed by atoms with Crippen molar-refractivity contribution in [2.24, 2.45) is 0 Å². The first kappa shape index (κ1) is 20.5. The van der Waals surface area contributed by atoms with Crippen LogP contribution in [0.2, 0.25) is 0 Å². The fraction of sp³-hybridized carbons (Fsp3) is 0.278. The van der Waals surface area contributed by atoms with Crippen molar-refractivity contribution in [3.05, 3.63) is 64.1 Å². The van der Waals surface area contributed by atoms with Crippen LogP contribution < -0.4 is 15.4 Å². The highest BCUT2D eigenvalue weighted by Gasteiger charge is 2.07. The van der Waals surface area contributed by atoms with E-state index >= 15 is 0 Å². The van der Waals surface area contributed by atoms with Gasteiger partial charge in [0.25, 0.3) is 5.91 Å². The zero-order valence-corrected chi connectivity index (χ0v) is 16.1. The molecule has 0 heterocycles. The Hall–Kier alpha value is -1.56. The lowest BCUT2D eigenvalue weighted by molar-refractivity contribution is 0.0950. The van der Waals surface area contributed by atoms with Crippen LogP contribution in [0.4, 0.5) is 0 Å². The maximum atomic E-state index is 12.0. The number of hydrogen-bond donors (Lipinski definition) is 2. The first-order valence-corrected chi connectivity index (χ1v) is 8.31. The average Bonchev–Trinajstić information content (AvgIpc) is 2.59. The van der Waals surface area contributed by atoms with E-state index in [-0.39, 0.29) is 24.4 Å². The van der Waals surface area contributed by atoms with Crippen molar-refractivity contribution in [3.63, 3.8) is 0 Å². The first-order chi connectivity index (χ1) is 11.1. The minimum atomic E-state index is -0.0645. The topological polar surface area (TPSA) is 50.4 Å². The molecule has 0 aromatic heterocycles. The summed E-state index contributed by atoms with van der Waals surface area (Å²) in [5.41, 5.74) is 1.67. The summed E-state index contributed by atoms with van der Waals surface area (Å²) < 4.78 is 6.69. The second-order valence-corrected chi connectivity index (χ2v) is 6.17. The molecule has 0 bridgehead atoms. The number of benzene rings is 2. The van der Waals surface area contributed by atoms with E-state index in [0.717, 1.165) is 15.8 Å². The van der Waals surface area contributed by atoms with Crippen molar-refractivity contribution in [2.45, 2.75) is 19.6 Å². The van der Waals surface area contributed by atoms with Crippen LogP contribution in [0.15, 0.2) is 53.0 Å². The van der Waals surface area contributed by atoms with Crippen molar-refractivity contribution in [2.75, 3.05) is 13.6 Å². The Morgan fingerprint density at radius 1 is 1.17 bits per heavy atom. The minimum absolute atomic E-state index is 0. The predicted octanol–water partition coefficient (Wildman–Crippen LogP) is 3.79. The van der Waals surface area contributed by atoms with E-state index in [1.54, 1.807) is 0 Å². The predicted molar refractivity (Wildman–Crippen MR) is 103 cm³/mol. The molecule has 1 amide bonds. The highest BCUT2D eigenvalue weighted by molar-refractivity contribution is 9.10. The summed E-state index contributed by atoms with van der Waals surface area (Å²) in [6, 6.07) is 15.4. The summed E-state index contributed by atoms with van der Waals surface area (Å²) in [5.74, 6) is 0.737. The van der Waals surface area contributed by atoms with E-state index in [9.17, 15) is 4.79 Å². The van der Waals surface area contributed by atoms with Gasteiger partial charge in [-0.1, -0.05) is 24.3 Å². The summed E-state index contributed by atoms with van der Waals surface area (Å²) in [6.07, 6.45) is 0. The van der Waals surface area contributed by atoms with Gasteiger partial charge in [-0.2, -0.15) is 0 Å². The molecule has 130 valence electrons. The molecule has 0 saturated carbocycles. The fourth-order valence-corrected chi connectivity index (χ4v) is 2.32. The number of carbonyl (C=O) groups excluding carboxylic acids is 1. The van der Waals surface area contributed by atoms with Crippen molar-refractivity contribution in [1.82, 2.24) is 10.6 Å². The Labute approximate surface area is 157 Å². The number of para-hydroxylation sites is 1. The van der Waals surface area contributed by atoms with Gasteiger partial charge >= 0.3 is 0 Å². The Morgan fingerprint density at radius 2 is 1.83 bits per heavy atom. The van der Waals surface area contributed by atoms with Gasteiger partial charge in [-0.15, -0.1) is 12.4 Å². The number of likely N-dealkylation sites (N-methyl/N-ethyl adjacent to an activating group) is 1. The van der Waals surface area contributed by atoms with Crippen LogP contribution in [0.1, 0.15) is 22.8 Å². The van der Waals surface area contributed by atoms with Gasteiger partial charge in [-0.25, -0.2) is 0 Å². The first-order valence-electron chi connectivity index (χ1n) is 7.52. The molecule has 4 nitrogen and oxygen atoms in total. The van der Waals surface area contributed by atoms with Gasteiger partial charge in [0.05, 0.1) is 4.47 Å². The Bertz CT molecular complexity index is 650. The number of nitrogens with one attached hydrogen (secondary N) is 2. The van der Waals surface area contributed by atoms with Gasteiger partial charge in [0.1, 0.15) is 12.4 Å². The van der Waals surface area contributed by atoms with Crippen molar-refractivity contribution < 1.29 is 9.53 Å². The molecule has 24 heavy (non-hydrogen) atoms. The molecule has 0 fully saturated rings. The number of hydrogen-bond acceptors (Lipinski definition) is 3. The second kappa shape index (κ2) is 10.3. The quantitative estimate of drug-likeness (QED) is 0.726. The molecule has 0 aliphatic carbocycles. The molecular formula is C18H22BrClN2O2. The number of halogens is 2. The number of carbonyl (C=O) groups is 1. The molecule has 2 rings (SSSR count). The van der Waals surface area contributed by atoms with E-state index in [1.165, 1.54) is 0 Å². The molecule has 1 unspecified atom stereocenters. The maximum Gasteiger partial charge on any atom is 0.251 e. The van der Waals surface area contributed by atoms with Crippen molar-refractivity contribution >= 4 is 34.2 Å². The lowest BCUT2D eigenvalue weighted by Gasteiger charge is -2.12. The minimum Gasteiger partial charge on any atom is -0.488 e. The van der Waals surface area contributed by atoms with Gasteiger partial charge < -0.3 is 15.4 Å². The molecule has 0 saturated heterocycles. The summed E-state index contributed by atoms with van der Waals surface area (Å²) in [5, 5.41) is 5.98. The lowest BCUT2D eigenvalue weighted by atomic mass is 10.1. The third-order valence-electron chi connectivity index (χ3n) is 3.51. The van der Waals surface area contributed by atoms with Crippen molar-refractivity contribution in [1.29, 1.82) is 0 Å². The molecule has 0 radical (unpaired) electrons. The third-order valence-corrected chi connectivity index (χ3v) is 4.16. The monoisotopic (exact) mass is 412 g/mol. The largest absolute Gasteiger partial charge is 0.488 e. The molecule has 0 aliphatic heterocycles. The molecule has 0 spiro atoms. The standard InChI is InChI=1S/C18H21BrN2O2.ClH/c1-13(20-2)11-21-18(22)15-9-7-14(8-10-15)12-23-17-6-4-3-5-16(17)19;/h3-10,13,20H,11-12H2,1-2H3,(H,21,22);1H. The van der Waals surface area contributed by atoms with Gasteiger partial charge in [-0.05, 0) is 59.7 Å². The van der Waals surface area contributed by atoms with Gasteiger partial charge in [0, 0.05) is 18.2 Å².